The lowest BCUT2D eigenvalue weighted by Crippen LogP contribution is -2.01. The van der Waals surface area contributed by atoms with Crippen LogP contribution in [-0.4, -0.2) is 13.4 Å². The summed E-state index contributed by atoms with van der Waals surface area (Å²) in [5.74, 6) is 1.58. The first-order chi connectivity index (χ1) is 8.83. The molecule has 3 nitrogen and oxygen atoms in total. The molecule has 0 saturated heterocycles. The van der Waals surface area contributed by atoms with Gasteiger partial charge in [0, 0.05) is 6.61 Å². The van der Waals surface area contributed by atoms with E-state index in [0.717, 1.165) is 22.3 Å². The average Bonchev–Trinajstić information content (AvgIpc) is 2.39. The van der Waals surface area contributed by atoms with Crippen LogP contribution in [0.1, 0.15) is 6.92 Å². The molecule has 2 aromatic rings. The van der Waals surface area contributed by atoms with Crippen LogP contribution in [0, 0.1) is 0 Å². The molecule has 0 aliphatic rings. The molecule has 2 aromatic carbocycles. The molecule has 18 heavy (non-hydrogen) atoms. The van der Waals surface area contributed by atoms with Crippen LogP contribution in [0.5, 0.6) is 11.5 Å². The van der Waals surface area contributed by atoms with Gasteiger partial charge in [-0.15, -0.1) is 0 Å². The fourth-order valence-corrected chi connectivity index (χ4v) is 1.65. The zero-order chi connectivity index (χ0) is 12.8. The minimum Gasteiger partial charge on any atom is -0.468 e. The molecule has 0 fully saturated rings. The van der Waals surface area contributed by atoms with Crippen LogP contribution in [0.25, 0.3) is 10.8 Å². The monoisotopic (exact) mass is 244 g/mol. The second kappa shape index (κ2) is 6.07. The highest BCUT2D eigenvalue weighted by Gasteiger charge is 1.99. The highest BCUT2D eigenvalue weighted by Crippen LogP contribution is 2.25. The van der Waals surface area contributed by atoms with E-state index in [0.29, 0.717) is 6.61 Å². The number of rotatable bonds is 6. The summed E-state index contributed by atoms with van der Waals surface area (Å²) >= 11 is 0. The Labute approximate surface area is 107 Å². The first-order valence-corrected chi connectivity index (χ1v) is 5.85. The molecule has 0 radical (unpaired) electrons. The predicted molar refractivity (Wildman–Crippen MR) is 71.9 cm³/mol. The number of hydrogen-bond acceptors (Lipinski definition) is 3. The molecule has 0 bridgehead atoms. The Hall–Kier alpha value is -2.00. The smallest absolute Gasteiger partial charge is 0.189 e. The van der Waals surface area contributed by atoms with Crippen LogP contribution in [0.3, 0.4) is 0 Å². The second-order valence-corrected chi connectivity index (χ2v) is 3.71. The van der Waals surface area contributed by atoms with Crippen molar-refractivity contribution in [1.82, 2.24) is 0 Å². The Morgan fingerprint density at radius 3 is 2.39 bits per heavy atom. The van der Waals surface area contributed by atoms with Gasteiger partial charge in [-0.05, 0) is 42.0 Å². The number of benzene rings is 2. The zero-order valence-electron chi connectivity index (χ0n) is 10.4. The lowest BCUT2D eigenvalue weighted by molar-refractivity contribution is 0.0225. The van der Waals surface area contributed by atoms with E-state index in [9.17, 15) is 0 Å². The number of fused-ring (bicyclic) bond motifs is 1. The van der Waals surface area contributed by atoms with E-state index in [-0.39, 0.29) is 6.79 Å². The van der Waals surface area contributed by atoms with E-state index in [1.807, 2.05) is 43.3 Å². The van der Waals surface area contributed by atoms with Crippen LogP contribution < -0.4 is 9.47 Å². The lowest BCUT2D eigenvalue weighted by Gasteiger charge is -2.07. The normalized spacial score (nSPS) is 10.3. The van der Waals surface area contributed by atoms with Gasteiger partial charge < -0.3 is 14.2 Å². The molecule has 94 valence electrons. The fraction of sp³-hybridized carbons (Fsp3) is 0.200. The third-order valence-corrected chi connectivity index (χ3v) is 2.52. The predicted octanol–water partition coefficient (Wildman–Crippen LogP) is 3.73. The molecule has 0 atom stereocenters. The molecule has 3 heteroatoms. The highest BCUT2D eigenvalue weighted by molar-refractivity contribution is 5.85. The molecule has 0 heterocycles. The van der Waals surface area contributed by atoms with Crippen molar-refractivity contribution in [3.05, 3.63) is 49.2 Å². The topological polar surface area (TPSA) is 27.7 Å². The molecule has 0 aliphatic carbocycles. The van der Waals surface area contributed by atoms with Gasteiger partial charge in [0.2, 0.25) is 0 Å². The minimum atomic E-state index is 0.277. The Bertz CT molecular complexity index is 534. The van der Waals surface area contributed by atoms with E-state index in [1.54, 1.807) is 0 Å². The number of hydrogen-bond donors (Lipinski definition) is 0. The molecule has 0 N–H and O–H groups in total. The van der Waals surface area contributed by atoms with Gasteiger partial charge in [-0.2, -0.15) is 0 Å². The molecule has 0 aliphatic heterocycles. The van der Waals surface area contributed by atoms with E-state index in [2.05, 4.69) is 6.58 Å². The quantitative estimate of drug-likeness (QED) is 0.440. The van der Waals surface area contributed by atoms with Crippen molar-refractivity contribution in [3.63, 3.8) is 0 Å². The molecule has 0 amide bonds. The summed E-state index contributed by atoms with van der Waals surface area (Å²) in [5.41, 5.74) is 0. The van der Waals surface area contributed by atoms with E-state index in [1.165, 1.54) is 6.26 Å². The summed E-state index contributed by atoms with van der Waals surface area (Å²) in [4.78, 5) is 0. The molecular weight excluding hydrogens is 228 g/mol. The summed E-state index contributed by atoms with van der Waals surface area (Å²) in [7, 11) is 0. The maximum absolute atomic E-state index is 5.46. The molecule has 0 unspecified atom stereocenters. The van der Waals surface area contributed by atoms with Gasteiger partial charge in [0.25, 0.3) is 0 Å². The van der Waals surface area contributed by atoms with Gasteiger partial charge in [0.05, 0.1) is 6.26 Å². The van der Waals surface area contributed by atoms with Gasteiger partial charge in [0.1, 0.15) is 11.5 Å². The van der Waals surface area contributed by atoms with Crippen molar-refractivity contribution in [2.24, 2.45) is 0 Å². The molecule has 0 saturated carbocycles. The summed E-state index contributed by atoms with van der Waals surface area (Å²) < 4.78 is 15.8. The second-order valence-electron chi connectivity index (χ2n) is 3.71. The Morgan fingerprint density at radius 2 is 1.72 bits per heavy atom. The Morgan fingerprint density at radius 1 is 1.06 bits per heavy atom. The molecule has 0 spiro atoms. The summed E-state index contributed by atoms with van der Waals surface area (Å²) in [6.07, 6.45) is 1.42. The first-order valence-electron chi connectivity index (χ1n) is 5.85. The average molecular weight is 244 g/mol. The van der Waals surface area contributed by atoms with Gasteiger partial charge in [-0.25, -0.2) is 0 Å². The maximum Gasteiger partial charge on any atom is 0.189 e. The molecular formula is C15H16O3. The van der Waals surface area contributed by atoms with E-state index < -0.39 is 0 Å². The molecule has 0 aromatic heterocycles. The van der Waals surface area contributed by atoms with Crippen LogP contribution >= 0.6 is 0 Å². The SMILES string of the molecule is C=COc1ccc2cc(OCOCC)ccc2c1. The lowest BCUT2D eigenvalue weighted by atomic mass is 10.1. The van der Waals surface area contributed by atoms with Crippen molar-refractivity contribution in [3.8, 4) is 11.5 Å². The zero-order valence-corrected chi connectivity index (χ0v) is 10.4. The standard InChI is InChI=1S/C15H16O3/c1-3-16-11-18-15-8-6-12-9-14(17-4-2)7-5-13(12)10-15/h4-10H,2-3,11H2,1H3. The van der Waals surface area contributed by atoms with E-state index >= 15 is 0 Å². The highest BCUT2D eigenvalue weighted by atomic mass is 16.7. The van der Waals surface area contributed by atoms with Crippen LogP contribution in [-0.2, 0) is 4.74 Å². The number of ether oxygens (including phenoxy) is 3. The van der Waals surface area contributed by atoms with Crippen LogP contribution in [0.15, 0.2) is 49.2 Å². The van der Waals surface area contributed by atoms with Gasteiger partial charge in [-0.1, -0.05) is 18.7 Å². The fourth-order valence-electron chi connectivity index (χ4n) is 1.65. The first kappa shape index (κ1) is 12.5. The van der Waals surface area contributed by atoms with Crippen molar-refractivity contribution >= 4 is 10.8 Å². The summed E-state index contributed by atoms with van der Waals surface area (Å²) in [6.45, 7) is 6.40. The largest absolute Gasteiger partial charge is 0.468 e. The van der Waals surface area contributed by atoms with Crippen molar-refractivity contribution < 1.29 is 14.2 Å². The van der Waals surface area contributed by atoms with Gasteiger partial charge in [-0.3, -0.25) is 0 Å². The van der Waals surface area contributed by atoms with Gasteiger partial charge in [0.15, 0.2) is 6.79 Å². The van der Waals surface area contributed by atoms with Crippen molar-refractivity contribution in [1.29, 1.82) is 0 Å². The van der Waals surface area contributed by atoms with Gasteiger partial charge >= 0.3 is 0 Å². The van der Waals surface area contributed by atoms with Crippen molar-refractivity contribution in [2.75, 3.05) is 13.4 Å². The van der Waals surface area contributed by atoms with Crippen LogP contribution in [0.4, 0.5) is 0 Å². The third-order valence-electron chi connectivity index (χ3n) is 2.52. The third kappa shape index (κ3) is 3.02. The minimum absolute atomic E-state index is 0.277. The molecule has 2 rings (SSSR count). The van der Waals surface area contributed by atoms with Crippen molar-refractivity contribution in [2.45, 2.75) is 6.92 Å². The Balaban J connectivity index is 2.18. The summed E-state index contributed by atoms with van der Waals surface area (Å²) in [6, 6.07) is 11.7. The van der Waals surface area contributed by atoms with E-state index in [4.69, 9.17) is 14.2 Å². The van der Waals surface area contributed by atoms with Crippen LogP contribution in [0.2, 0.25) is 0 Å². The Kier molecular flexibility index (Phi) is 4.20. The maximum atomic E-state index is 5.46. The summed E-state index contributed by atoms with van der Waals surface area (Å²) in [5, 5.41) is 2.19.